The summed E-state index contributed by atoms with van der Waals surface area (Å²) < 4.78 is 25.5. The molecule has 0 aliphatic carbocycles. The van der Waals surface area contributed by atoms with Crippen LogP contribution in [0.15, 0.2) is 76.7 Å². The number of hydrogen-bond donors (Lipinski definition) is 1. The molecule has 0 atom stereocenters. The van der Waals surface area contributed by atoms with E-state index in [0.717, 1.165) is 45.3 Å². The predicted molar refractivity (Wildman–Crippen MR) is 177 cm³/mol. The molecule has 0 aliphatic rings. The molecule has 6 rings (SSSR count). The zero-order valence-electron chi connectivity index (χ0n) is 25.3. The van der Waals surface area contributed by atoms with Crippen molar-refractivity contribution in [2.24, 2.45) is 0 Å². The van der Waals surface area contributed by atoms with Gasteiger partial charge in [0, 0.05) is 11.6 Å². The minimum absolute atomic E-state index is 0.143. The van der Waals surface area contributed by atoms with Crippen molar-refractivity contribution in [3.63, 3.8) is 0 Å². The molecule has 0 aliphatic heterocycles. The Labute approximate surface area is 273 Å². The normalized spacial score (nSPS) is 11.3. The van der Waals surface area contributed by atoms with Crippen LogP contribution in [0.2, 0.25) is 0 Å². The van der Waals surface area contributed by atoms with Gasteiger partial charge in [-0.15, -0.1) is 27.8 Å². The molecule has 4 aromatic heterocycles. The van der Waals surface area contributed by atoms with E-state index in [0.29, 0.717) is 39.6 Å². The fourth-order valence-corrected chi connectivity index (χ4v) is 5.99. The van der Waals surface area contributed by atoms with Gasteiger partial charge in [-0.05, 0) is 67.5 Å². The fourth-order valence-electron chi connectivity index (χ4n) is 4.50. The number of aromatic nitrogens is 4. The smallest absolute Gasteiger partial charge is 0.345 e. The number of para-hydroxylation sites is 1. The maximum Gasteiger partial charge on any atom is 0.345 e. The van der Waals surface area contributed by atoms with Crippen molar-refractivity contribution in [1.82, 2.24) is 19.7 Å². The number of aromatic carboxylic acids is 1. The number of carboxylic acids is 1. The highest BCUT2D eigenvalue weighted by atomic mass is 32.1. The predicted octanol–water partition coefficient (Wildman–Crippen LogP) is 7.95. The molecule has 46 heavy (non-hydrogen) atoms. The van der Waals surface area contributed by atoms with E-state index in [-0.39, 0.29) is 18.1 Å². The number of thiazole rings is 1. The average molecular weight is 655 g/mol. The highest BCUT2D eigenvalue weighted by molar-refractivity contribution is 7.17. The summed E-state index contributed by atoms with van der Waals surface area (Å²) >= 11 is 2.75. The van der Waals surface area contributed by atoms with Crippen molar-refractivity contribution in [3.8, 4) is 33.8 Å². The molecule has 0 unspecified atom stereocenters. The number of oxazole rings is 1. The Morgan fingerprint density at radius 1 is 1.02 bits per heavy atom. The van der Waals surface area contributed by atoms with E-state index >= 15 is 0 Å². The first-order valence-corrected chi connectivity index (χ1v) is 16.1. The number of rotatable bonds is 13. The minimum Gasteiger partial charge on any atom is -0.493 e. The maximum absolute atomic E-state index is 11.2. The Morgan fingerprint density at radius 2 is 1.87 bits per heavy atom. The number of thiophene rings is 1. The zero-order chi connectivity index (χ0) is 32.0. The molecule has 10 nitrogen and oxygen atoms in total. The van der Waals surface area contributed by atoms with Crippen molar-refractivity contribution in [1.29, 1.82) is 0 Å². The van der Waals surface area contributed by atoms with Crippen molar-refractivity contribution in [2.45, 2.75) is 33.5 Å². The summed E-state index contributed by atoms with van der Waals surface area (Å²) in [5, 5.41) is 17.1. The van der Waals surface area contributed by atoms with Crippen molar-refractivity contribution in [3.05, 3.63) is 110 Å². The summed E-state index contributed by atoms with van der Waals surface area (Å²) in [4.78, 5) is 21.2. The lowest BCUT2D eigenvalue weighted by Gasteiger charge is -2.12. The van der Waals surface area contributed by atoms with Crippen LogP contribution in [-0.4, -0.2) is 37.9 Å². The van der Waals surface area contributed by atoms with Gasteiger partial charge >= 0.3 is 5.97 Å². The van der Waals surface area contributed by atoms with Crippen LogP contribution in [0.5, 0.6) is 17.4 Å². The number of carboxylic acid groups (broad SMARTS) is 1. The van der Waals surface area contributed by atoms with Gasteiger partial charge in [0.05, 0.1) is 33.9 Å². The standard InChI is InChI=1S/C34H30N4O6S2/c1-4-31-35-24(20-45-31)12-11-23-17-38(25-8-6-5-7-9-25)37-32(23)43-18-22-10-13-27(28(16-22)41-3)42-19-26-21(2)44-33(36-26)29-14-15-30(46-29)34(39)40/h5-17,20H,4,18-19H2,1-3H3,(H,39,40)/b12-11+. The third kappa shape index (κ3) is 7.03. The van der Waals surface area contributed by atoms with Gasteiger partial charge in [0.2, 0.25) is 11.8 Å². The van der Waals surface area contributed by atoms with Crippen LogP contribution in [0, 0.1) is 6.92 Å². The van der Waals surface area contributed by atoms with Crippen molar-refractivity contribution >= 4 is 40.8 Å². The van der Waals surface area contributed by atoms with E-state index in [9.17, 15) is 9.90 Å². The zero-order valence-corrected chi connectivity index (χ0v) is 26.9. The van der Waals surface area contributed by atoms with E-state index in [1.807, 2.05) is 72.3 Å². The molecular formula is C34H30N4O6S2. The molecule has 6 aromatic rings. The first-order valence-electron chi connectivity index (χ1n) is 14.4. The number of carbonyl (C=O) groups is 1. The lowest BCUT2D eigenvalue weighted by Crippen LogP contribution is -2.02. The molecule has 0 saturated carbocycles. The van der Waals surface area contributed by atoms with Gasteiger partial charge < -0.3 is 23.7 Å². The van der Waals surface area contributed by atoms with Crippen LogP contribution in [0.4, 0.5) is 0 Å². The lowest BCUT2D eigenvalue weighted by atomic mass is 10.2. The van der Waals surface area contributed by atoms with Crippen LogP contribution >= 0.6 is 22.7 Å². The summed E-state index contributed by atoms with van der Waals surface area (Å²) in [6, 6.07) is 18.7. The second-order valence-corrected chi connectivity index (χ2v) is 12.1. The molecule has 2 aromatic carbocycles. The Hall–Kier alpha value is -5.20. The maximum atomic E-state index is 11.2. The lowest BCUT2D eigenvalue weighted by molar-refractivity contribution is 0.0702. The second-order valence-electron chi connectivity index (χ2n) is 10.1. The van der Waals surface area contributed by atoms with Gasteiger partial charge in [0.15, 0.2) is 11.5 Å². The first kappa shape index (κ1) is 30.8. The highest BCUT2D eigenvalue weighted by Crippen LogP contribution is 2.32. The Kier molecular flexibility index (Phi) is 9.27. The van der Waals surface area contributed by atoms with Gasteiger partial charge in [-0.1, -0.05) is 31.2 Å². The monoisotopic (exact) mass is 654 g/mol. The number of hydrogen-bond acceptors (Lipinski definition) is 10. The molecule has 1 N–H and O–H groups in total. The molecule has 0 bridgehead atoms. The van der Waals surface area contributed by atoms with E-state index < -0.39 is 5.97 Å². The molecular weight excluding hydrogens is 625 g/mol. The molecule has 0 amide bonds. The molecule has 234 valence electrons. The van der Waals surface area contributed by atoms with Gasteiger partial charge in [-0.25, -0.2) is 19.4 Å². The Bertz CT molecular complexity index is 1990. The summed E-state index contributed by atoms with van der Waals surface area (Å²) in [7, 11) is 1.58. The second kappa shape index (κ2) is 13.8. The molecule has 0 fully saturated rings. The van der Waals surface area contributed by atoms with Crippen molar-refractivity contribution in [2.75, 3.05) is 7.11 Å². The van der Waals surface area contributed by atoms with Crippen LogP contribution in [0.3, 0.4) is 0 Å². The number of aryl methyl sites for hydroxylation is 2. The van der Waals surface area contributed by atoms with Crippen LogP contribution in [0.25, 0.3) is 28.6 Å². The Balaban J connectivity index is 1.15. The molecule has 12 heteroatoms. The average Bonchev–Trinajstić information content (AvgIpc) is 3.89. The van der Waals surface area contributed by atoms with E-state index in [1.165, 1.54) is 6.07 Å². The molecule has 4 heterocycles. The summed E-state index contributed by atoms with van der Waals surface area (Å²) in [5.74, 6) is 1.52. The number of ether oxygens (including phenoxy) is 3. The summed E-state index contributed by atoms with van der Waals surface area (Å²) in [6.45, 7) is 4.28. The summed E-state index contributed by atoms with van der Waals surface area (Å²) in [6.07, 6.45) is 6.78. The quantitative estimate of drug-likeness (QED) is 0.132. The largest absolute Gasteiger partial charge is 0.493 e. The van der Waals surface area contributed by atoms with Crippen LogP contribution in [-0.2, 0) is 19.6 Å². The number of nitrogens with zero attached hydrogens (tertiary/aromatic N) is 4. The fraction of sp³-hybridized carbons (Fsp3) is 0.176. The number of benzene rings is 2. The highest BCUT2D eigenvalue weighted by Gasteiger charge is 2.17. The van der Waals surface area contributed by atoms with Crippen LogP contribution < -0.4 is 14.2 Å². The minimum atomic E-state index is -0.986. The van der Waals surface area contributed by atoms with Crippen molar-refractivity contribution < 1.29 is 28.5 Å². The van der Waals surface area contributed by atoms with Crippen LogP contribution in [0.1, 0.15) is 49.9 Å². The van der Waals surface area contributed by atoms with Gasteiger partial charge in [0.25, 0.3) is 0 Å². The molecule has 0 spiro atoms. The number of methoxy groups -OCH3 is 1. The van der Waals surface area contributed by atoms with E-state index in [4.69, 9.17) is 23.7 Å². The molecule has 0 saturated heterocycles. The topological polar surface area (TPSA) is 122 Å². The third-order valence-electron chi connectivity index (χ3n) is 6.92. The molecule has 0 radical (unpaired) electrons. The SMILES string of the molecule is CCc1nc(/C=C/c2cn(-c3ccccc3)nc2OCc2ccc(OCc3nc(-c4ccc(C(=O)O)s4)oc3C)c(OC)c2)cs1. The van der Waals surface area contributed by atoms with Gasteiger partial charge in [0.1, 0.15) is 29.5 Å². The van der Waals surface area contributed by atoms with E-state index in [1.54, 1.807) is 36.1 Å². The summed E-state index contributed by atoms with van der Waals surface area (Å²) in [5.41, 5.74) is 4.12. The Morgan fingerprint density at radius 3 is 2.61 bits per heavy atom. The van der Waals surface area contributed by atoms with Gasteiger partial charge in [-0.3, -0.25) is 0 Å². The van der Waals surface area contributed by atoms with E-state index in [2.05, 4.69) is 16.9 Å². The van der Waals surface area contributed by atoms with Gasteiger partial charge in [-0.2, -0.15) is 0 Å². The first-order chi connectivity index (χ1) is 22.4. The third-order valence-corrected chi connectivity index (χ3v) is 8.99.